The molecule has 0 aliphatic heterocycles. The van der Waals surface area contributed by atoms with E-state index in [1.807, 2.05) is 13.8 Å². The Morgan fingerprint density at radius 1 is 1.11 bits per heavy atom. The normalized spacial score (nSPS) is 20.4. The van der Waals surface area contributed by atoms with Crippen LogP contribution in [0.25, 0.3) is 0 Å². The third-order valence-electron chi connectivity index (χ3n) is 5.00. The quantitative estimate of drug-likeness (QED) is 0.532. The van der Waals surface area contributed by atoms with Crippen molar-refractivity contribution < 1.29 is 26.7 Å². The first-order chi connectivity index (χ1) is 13.3. The molecule has 0 N–H and O–H groups in total. The van der Waals surface area contributed by atoms with Crippen LogP contribution in [0.5, 0.6) is 11.5 Å². The Kier molecular flexibility index (Phi) is 5.09. The minimum Gasteiger partial charge on any atom is -0.457 e. The van der Waals surface area contributed by atoms with E-state index in [4.69, 9.17) is 10.00 Å². The Morgan fingerprint density at radius 2 is 1.82 bits per heavy atom. The van der Waals surface area contributed by atoms with Crippen LogP contribution < -0.4 is 4.74 Å². The van der Waals surface area contributed by atoms with Gasteiger partial charge in [-0.3, -0.25) is 0 Å². The molecular weight excluding hydrogens is 377 g/mol. The molecule has 7 heteroatoms. The van der Waals surface area contributed by atoms with E-state index in [0.717, 1.165) is 18.2 Å². The van der Waals surface area contributed by atoms with E-state index < -0.39 is 29.1 Å². The smallest absolute Gasteiger partial charge is 0.336 e. The Hall–Kier alpha value is -2.62. The second-order valence-electron chi connectivity index (χ2n) is 6.54. The zero-order valence-corrected chi connectivity index (χ0v) is 15.3. The van der Waals surface area contributed by atoms with Crippen LogP contribution in [0.1, 0.15) is 54.9 Å². The van der Waals surface area contributed by atoms with Crippen LogP contribution in [0.4, 0.5) is 22.0 Å². The summed E-state index contributed by atoms with van der Waals surface area (Å²) in [6.45, 7) is 4.00. The molecule has 0 saturated heterocycles. The summed E-state index contributed by atoms with van der Waals surface area (Å²) in [5.41, 5.74) is -0.378. The highest BCUT2D eigenvalue weighted by Gasteiger charge is 2.69. The fraction of sp³-hybridized carbons (Fsp3) is 0.381. The predicted molar refractivity (Wildman–Crippen MR) is 93.5 cm³/mol. The number of halogens is 5. The molecule has 4 rings (SSSR count). The molecule has 2 aliphatic rings. The standard InChI is InChI=1S/C19H12F5NO.C2H6/c20-11-6-10(9-25)7-12(8-11)26-16-5-4-15-17-13(16)2-1-3-14(17)18(21,22)19(15,23)24;1-2/h4-8,14H,1-3H2;1-2H3. The number of alkyl halides is 4. The van der Waals surface area contributed by atoms with Gasteiger partial charge in [0.1, 0.15) is 17.3 Å². The lowest BCUT2D eigenvalue weighted by atomic mass is 9.82. The van der Waals surface area contributed by atoms with E-state index in [9.17, 15) is 22.0 Å². The van der Waals surface area contributed by atoms with Crippen LogP contribution in [0.2, 0.25) is 0 Å². The molecule has 0 bridgehead atoms. The number of hydrogen-bond donors (Lipinski definition) is 0. The van der Waals surface area contributed by atoms with E-state index in [2.05, 4.69) is 0 Å². The molecule has 0 radical (unpaired) electrons. The van der Waals surface area contributed by atoms with Gasteiger partial charge in [0.2, 0.25) is 0 Å². The predicted octanol–water partition coefficient (Wildman–Crippen LogP) is 6.68. The lowest BCUT2D eigenvalue weighted by molar-refractivity contribution is -0.216. The van der Waals surface area contributed by atoms with E-state index in [-0.39, 0.29) is 29.0 Å². The van der Waals surface area contributed by atoms with Crippen LogP contribution in [0, 0.1) is 17.1 Å². The molecule has 2 aromatic rings. The molecule has 1 atom stereocenters. The first-order valence-corrected chi connectivity index (χ1v) is 9.06. The van der Waals surface area contributed by atoms with Crippen LogP contribution >= 0.6 is 0 Å². The summed E-state index contributed by atoms with van der Waals surface area (Å²) in [7, 11) is 0. The third kappa shape index (κ3) is 2.92. The molecule has 2 aromatic carbocycles. The van der Waals surface area contributed by atoms with Crippen molar-refractivity contribution in [3.63, 3.8) is 0 Å². The Bertz CT molecular complexity index is 949. The second kappa shape index (κ2) is 7.08. The van der Waals surface area contributed by atoms with Gasteiger partial charge < -0.3 is 4.74 Å². The molecule has 2 nitrogen and oxygen atoms in total. The first-order valence-electron chi connectivity index (χ1n) is 9.06. The van der Waals surface area contributed by atoms with Gasteiger partial charge in [0.25, 0.3) is 0 Å². The molecule has 0 fully saturated rings. The van der Waals surface area contributed by atoms with Crippen molar-refractivity contribution in [2.45, 2.75) is 50.9 Å². The van der Waals surface area contributed by atoms with Crippen molar-refractivity contribution in [2.75, 3.05) is 0 Å². The van der Waals surface area contributed by atoms with Crippen LogP contribution in [-0.2, 0) is 12.3 Å². The summed E-state index contributed by atoms with van der Waals surface area (Å²) in [5, 5.41) is 8.90. The summed E-state index contributed by atoms with van der Waals surface area (Å²) in [6.07, 6.45) is 0.627. The summed E-state index contributed by atoms with van der Waals surface area (Å²) in [6, 6.07) is 7.32. The lowest BCUT2D eigenvalue weighted by Gasteiger charge is -2.27. The fourth-order valence-electron chi connectivity index (χ4n) is 3.87. The fourth-order valence-corrected chi connectivity index (χ4v) is 3.87. The van der Waals surface area contributed by atoms with E-state index >= 15 is 0 Å². The minimum absolute atomic E-state index is 0.0105. The van der Waals surface area contributed by atoms with Crippen molar-refractivity contribution >= 4 is 0 Å². The molecule has 0 aromatic heterocycles. The van der Waals surface area contributed by atoms with Crippen LogP contribution in [0.15, 0.2) is 30.3 Å². The summed E-state index contributed by atoms with van der Waals surface area (Å²) < 4.78 is 76.0. The molecular formula is C21H18F5NO. The average molecular weight is 395 g/mol. The van der Waals surface area contributed by atoms with Crippen molar-refractivity contribution in [1.29, 1.82) is 5.26 Å². The summed E-state index contributed by atoms with van der Waals surface area (Å²) >= 11 is 0. The van der Waals surface area contributed by atoms with Gasteiger partial charge in [-0.05, 0) is 54.7 Å². The number of hydrogen-bond acceptors (Lipinski definition) is 2. The highest BCUT2D eigenvalue weighted by atomic mass is 19.3. The first kappa shape index (κ1) is 20.1. The maximum absolute atomic E-state index is 14.2. The number of ether oxygens (including phenoxy) is 1. The van der Waals surface area contributed by atoms with E-state index in [1.165, 1.54) is 12.1 Å². The SMILES string of the molecule is CC.N#Cc1cc(F)cc(Oc2ccc3c4c2CCCC4C(F)(F)C3(F)F)c1. The van der Waals surface area contributed by atoms with Crippen molar-refractivity contribution in [3.05, 3.63) is 58.4 Å². The van der Waals surface area contributed by atoms with Crippen LogP contribution in [-0.4, -0.2) is 5.92 Å². The van der Waals surface area contributed by atoms with Gasteiger partial charge in [-0.25, -0.2) is 4.39 Å². The molecule has 148 valence electrons. The van der Waals surface area contributed by atoms with Gasteiger partial charge in [-0.2, -0.15) is 22.8 Å². The number of benzene rings is 2. The van der Waals surface area contributed by atoms with Crippen LogP contribution in [0.3, 0.4) is 0 Å². The zero-order chi connectivity index (χ0) is 20.7. The zero-order valence-electron chi connectivity index (χ0n) is 15.3. The maximum Gasteiger partial charge on any atom is 0.336 e. The Balaban J connectivity index is 0.00000109. The number of nitriles is 1. The molecule has 0 saturated carbocycles. The number of nitrogens with zero attached hydrogens (tertiary/aromatic N) is 1. The molecule has 2 aliphatic carbocycles. The summed E-state index contributed by atoms with van der Waals surface area (Å²) in [4.78, 5) is 0. The lowest BCUT2D eigenvalue weighted by Crippen LogP contribution is -2.37. The highest BCUT2D eigenvalue weighted by molar-refractivity contribution is 5.56. The van der Waals surface area contributed by atoms with Gasteiger partial charge in [0.05, 0.1) is 17.6 Å². The minimum atomic E-state index is -4.22. The third-order valence-corrected chi connectivity index (χ3v) is 5.00. The van der Waals surface area contributed by atoms with Gasteiger partial charge in [0.15, 0.2) is 0 Å². The van der Waals surface area contributed by atoms with Crippen molar-refractivity contribution in [2.24, 2.45) is 0 Å². The molecule has 28 heavy (non-hydrogen) atoms. The molecule has 0 heterocycles. The molecule has 1 unspecified atom stereocenters. The van der Waals surface area contributed by atoms with Gasteiger partial charge >= 0.3 is 11.8 Å². The Labute approximate surface area is 159 Å². The van der Waals surface area contributed by atoms with Gasteiger partial charge in [-0.15, -0.1) is 0 Å². The summed E-state index contributed by atoms with van der Waals surface area (Å²) in [5.74, 6) is -10.5. The monoisotopic (exact) mass is 395 g/mol. The van der Waals surface area contributed by atoms with Crippen molar-refractivity contribution in [1.82, 2.24) is 0 Å². The van der Waals surface area contributed by atoms with Crippen molar-refractivity contribution in [3.8, 4) is 17.6 Å². The average Bonchev–Trinajstić information content (AvgIpc) is 2.83. The van der Waals surface area contributed by atoms with E-state index in [0.29, 0.717) is 18.4 Å². The largest absolute Gasteiger partial charge is 0.457 e. The molecule has 0 amide bonds. The second-order valence-corrected chi connectivity index (χ2v) is 6.54. The van der Waals surface area contributed by atoms with Gasteiger partial charge in [0, 0.05) is 11.6 Å². The Morgan fingerprint density at radius 3 is 2.50 bits per heavy atom. The number of rotatable bonds is 2. The van der Waals surface area contributed by atoms with Gasteiger partial charge in [-0.1, -0.05) is 13.8 Å². The maximum atomic E-state index is 14.2. The highest BCUT2D eigenvalue weighted by Crippen LogP contribution is 2.63. The van der Waals surface area contributed by atoms with E-state index in [1.54, 1.807) is 6.07 Å². The molecule has 0 spiro atoms. The topological polar surface area (TPSA) is 33.0 Å².